The lowest BCUT2D eigenvalue weighted by atomic mass is 10.1. The smallest absolute Gasteiger partial charge is 0.137 e. The molecule has 0 spiro atoms. The summed E-state index contributed by atoms with van der Waals surface area (Å²) in [6.45, 7) is 3.90. The maximum atomic E-state index is 6.03. The van der Waals surface area contributed by atoms with Gasteiger partial charge in [0.1, 0.15) is 16.5 Å². The number of thiocarbonyl (C=S) groups is 1. The first-order valence-electron chi connectivity index (χ1n) is 5.92. The zero-order chi connectivity index (χ0) is 14.9. The van der Waals surface area contributed by atoms with E-state index in [0.717, 1.165) is 21.3 Å². The second kappa shape index (κ2) is 6.12. The Kier molecular flexibility index (Phi) is 4.68. The van der Waals surface area contributed by atoms with Gasteiger partial charge in [-0.15, -0.1) is 0 Å². The Balaban J connectivity index is 2.48. The lowest BCUT2D eigenvalue weighted by molar-refractivity contribution is 0.474. The molecule has 2 aromatic rings. The standard InChI is InChI=1S/C15H13BrClNOS/c1-8-5-11(17)6-9(2)14(8)19-13-4-3-10(16)7-12(13)15(18)20/h3-7H,1-2H3,(H2,18,20). The van der Waals surface area contributed by atoms with Crippen molar-refractivity contribution in [1.82, 2.24) is 0 Å². The van der Waals surface area contributed by atoms with Crippen LogP contribution in [-0.2, 0) is 0 Å². The van der Waals surface area contributed by atoms with Gasteiger partial charge in [0.2, 0.25) is 0 Å². The number of halogens is 2. The second-order valence-electron chi connectivity index (χ2n) is 4.48. The van der Waals surface area contributed by atoms with Gasteiger partial charge in [-0.05, 0) is 55.3 Å². The largest absolute Gasteiger partial charge is 0.456 e. The third-order valence-electron chi connectivity index (χ3n) is 2.84. The Labute approximate surface area is 137 Å². The van der Waals surface area contributed by atoms with Crippen molar-refractivity contribution in [2.75, 3.05) is 0 Å². The maximum absolute atomic E-state index is 6.03. The van der Waals surface area contributed by atoms with Crippen molar-refractivity contribution < 1.29 is 4.74 Å². The Morgan fingerprint density at radius 3 is 2.35 bits per heavy atom. The summed E-state index contributed by atoms with van der Waals surface area (Å²) in [5, 5.41) is 0.692. The fourth-order valence-corrected chi connectivity index (χ4v) is 2.80. The van der Waals surface area contributed by atoms with E-state index >= 15 is 0 Å². The number of rotatable bonds is 3. The van der Waals surface area contributed by atoms with E-state index in [1.165, 1.54) is 0 Å². The number of ether oxygens (including phenoxy) is 1. The van der Waals surface area contributed by atoms with Gasteiger partial charge in [0, 0.05) is 9.50 Å². The number of hydrogen-bond donors (Lipinski definition) is 1. The molecule has 0 unspecified atom stereocenters. The summed E-state index contributed by atoms with van der Waals surface area (Å²) < 4.78 is 6.90. The van der Waals surface area contributed by atoms with Crippen LogP contribution in [0, 0.1) is 13.8 Å². The highest BCUT2D eigenvalue weighted by Gasteiger charge is 2.12. The van der Waals surface area contributed by atoms with E-state index in [9.17, 15) is 0 Å². The van der Waals surface area contributed by atoms with E-state index in [4.69, 9.17) is 34.3 Å². The minimum atomic E-state index is 0.297. The Morgan fingerprint density at radius 2 is 1.80 bits per heavy atom. The molecule has 0 atom stereocenters. The first-order valence-corrected chi connectivity index (χ1v) is 7.50. The van der Waals surface area contributed by atoms with Crippen molar-refractivity contribution in [2.45, 2.75) is 13.8 Å². The summed E-state index contributed by atoms with van der Waals surface area (Å²) in [5.74, 6) is 1.41. The van der Waals surface area contributed by atoms with E-state index in [1.807, 2.05) is 44.2 Å². The van der Waals surface area contributed by atoms with Gasteiger partial charge in [0.15, 0.2) is 0 Å². The fraction of sp³-hybridized carbons (Fsp3) is 0.133. The van der Waals surface area contributed by atoms with Crippen LogP contribution in [0.25, 0.3) is 0 Å². The molecule has 0 radical (unpaired) electrons. The van der Waals surface area contributed by atoms with Crippen LogP contribution < -0.4 is 10.5 Å². The van der Waals surface area contributed by atoms with Crippen LogP contribution >= 0.6 is 39.7 Å². The number of aryl methyl sites for hydroxylation is 2. The van der Waals surface area contributed by atoms with Crippen molar-refractivity contribution in [3.8, 4) is 11.5 Å². The van der Waals surface area contributed by atoms with Gasteiger partial charge in [0.25, 0.3) is 0 Å². The van der Waals surface area contributed by atoms with Gasteiger partial charge in [0.05, 0.1) is 5.56 Å². The lowest BCUT2D eigenvalue weighted by Crippen LogP contribution is -2.11. The van der Waals surface area contributed by atoms with Crippen LogP contribution in [-0.4, -0.2) is 4.99 Å². The Bertz CT molecular complexity index is 665. The van der Waals surface area contributed by atoms with Crippen molar-refractivity contribution in [2.24, 2.45) is 5.73 Å². The summed E-state index contributed by atoms with van der Waals surface area (Å²) in [4.78, 5) is 0.297. The third kappa shape index (κ3) is 3.32. The predicted molar refractivity (Wildman–Crippen MR) is 91.0 cm³/mol. The van der Waals surface area contributed by atoms with Gasteiger partial charge < -0.3 is 10.5 Å². The molecule has 2 rings (SSSR count). The molecule has 20 heavy (non-hydrogen) atoms. The van der Waals surface area contributed by atoms with Crippen molar-refractivity contribution in [3.05, 3.63) is 56.5 Å². The summed E-state index contributed by atoms with van der Waals surface area (Å²) in [7, 11) is 0. The summed E-state index contributed by atoms with van der Waals surface area (Å²) in [5.41, 5.74) is 8.37. The monoisotopic (exact) mass is 369 g/mol. The molecule has 0 fully saturated rings. The lowest BCUT2D eigenvalue weighted by Gasteiger charge is -2.15. The second-order valence-corrected chi connectivity index (χ2v) is 6.27. The first kappa shape index (κ1) is 15.3. The van der Waals surface area contributed by atoms with E-state index < -0.39 is 0 Å². The van der Waals surface area contributed by atoms with Crippen LogP contribution in [0.5, 0.6) is 11.5 Å². The van der Waals surface area contributed by atoms with E-state index in [1.54, 1.807) is 0 Å². The topological polar surface area (TPSA) is 35.2 Å². The Morgan fingerprint density at radius 1 is 1.20 bits per heavy atom. The molecule has 104 valence electrons. The molecular weight excluding hydrogens is 358 g/mol. The van der Waals surface area contributed by atoms with Crippen molar-refractivity contribution >= 4 is 44.7 Å². The molecule has 0 amide bonds. The highest BCUT2D eigenvalue weighted by Crippen LogP contribution is 2.33. The van der Waals surface area contributed by atoms with Crippen LogP contribution in [0.1, 0.15) is 16.7 Å². The molecule has 2 N–H and O–H groups in total. The minimum Gasteiger partial charge on any atom is -0.456 e. The molecule has 5 heteroatoms. The highest BCUT2D eigenvalue weighted by atomic mass is 79.9. The van der Waals surface area contributed by atoms with E-state index in [0.29, 0.717) is 21.3 Å². The van der Waals surface area contributed by atoms with Crippen LogP contribution in [0.3, 0.4) is 0 Å². The predicted octanol–water partition coefficient (Wildman–Crippen LogP) is 5.15. The molecular formula is C15H13BrClNOS. The van der Waals surface area contributed by atoms with Crippen molar-refractivity contribution in [3.63, 3.8) is 0 Å². The zero-order valence-corrected chi connectivity index (χ0v) is 14.2. The van der Waals surface area contributed by atoms with Gasteiger partial charge in [-0.3, -0.25) is 0 Å². The number of nitrogens with two attached hydrogens (primary N) is 1. The number of hydrogen-bond acceptors (Lipinski definition) is 2. The molecule has 0 bridgehead atoms. The molecule has 2 aromatic carbocycles. The fourth-order valence-electron chi connectivity index (χ4n) is 1.95. The maximum Gasteiger partial charge on any atom is 0.137 e. The minimum absolute atomic E-state index is 0.297. The average Bonchev–Trinajstić information content (AvgIpc) is 2.34. The van der Waals surface area contributed by atoms with Gasteiger partial charge in [-0.25, -0.2) is 0 Å². The molecule has 0 aromatic heterocycles. The first-order chi connectivity index (χ1) is 9.38. The van der Waals surface area contributed by atoms with Crippen LogP contribution in [0.2, 0.25) is 5.02 Å². The van der Waals surface area contributed by atoms with Crippen LogP contribution in [0.4, 0.5) is 0 Å². The summed E-state index contributed by atoms with van der Waals surface area (Å²) in [6.07, 6.45) is 0. The van der Waals surface area contributed by atoms with E-state index in [2.05, 4.69) is 15.9 Å². The molecule has 0 heterocycles. The normalized spacial score (nSPS) is 10.4. The number of benzene rings is 2. The third-order valence-corrected chi connectivity index (χ3v) is 3.78. The van der Waals surface area contributed by atoms with Gasteiger partial charge in [-0.2, -0.15) is 0 Å². The molecule has 2 nitrogen and oxygen atoms in total. The van der Waals surface area contributed by atoms with Gasteiger partial charge in [-0.1, -0.05) is 39.7 Å². The van der Waals surface area contributed by atoms with Crippen molar-refractivity contribution in [1.29, 1.82) is 0 Å². The quantitative estimate of drug-likeness (QED) is 0.759. The molecule has 0 aliphatic heterocycles. The summed E-state index contributed by atoms with van der Waals surface area (Å²) in [6, 6.07) is 9.30. The average molecular weight is 371 g/mol. The summed E-state index contributed by atoms with van der Waals surface area (Å²) >= 11 is 14.5. The van der Waals surface area contributed by atoms with Crippen LogP contribution in [0.15, 0.2) is 34.8 Å². The highest BCUT2D eigenvalue weighted by molar-refractivity contribution is 9.10. The molecule has 0 aliphatic carbocycles. The van der Waals surface area contributed by atoms with E-state index in [-0.39, 0.29) is 0 Å². The Hall–Kier alpha value is -1.10. The molecule has 0 saturated carbocycles. The molecule has 0 aliphatic rings. The molecule has 0 saturated heterocycles. The zero-order valence-electron chi connectivity index (χ0n) is 11.0. The van der Waals surface area contributed by atoms with Gasteiger partial charge >= 0.3 is 0 Å². The SMILES string of the molecule is Cc1cc(Cl)cc(C)c1Oc1ccc(Br)cc1C(N)=S.